The number of nitrogens with two attached hydrogens (primary N) is 1. The van der Waals surface area contributed by atoms with Crippen molar-refractivity contribution in [2.45, 2.75) is 39.7 Å². The highest BCUT2D eigenvalue weighted by atomic mass is 35.5. The number of halogens is 2. The Kier molecular flexibility index (Phi) is 5.06. The van der Waals surface area contributed by atoms with Crippen LogP contribution in [0.25, 0.3) is 11.4 Å². The third-order valence-corrected chi connectivity index (χ3v) is 4.70. The van der Waals surface area contributed by atoms with Crippen molar-refractivity contribution >= 4 is 28.9 Å². The van der Waals surface area contributed by atoms with E-state index in [1.54, 1.807) is 16.8 Å². The van der Waals surface area contributed by atoms with Gasteiger partial charge in [-0.05, 0) is 35.4 Å². The third-order valence-electron chi connectivity index (χ3n) is 3.90. The molecule has 2 aromatic rings. The zero-order valence-corrected chi connectivity index (χ0v) is 13.9. The minimum atomic E-state index is 0.168. The largest absolute Gasteiger partial charge is 0.399 e. The summed E-state index contributed by atoms with van der Waals surface area (Å²) < 4.78 is 1.80. The molecule has 0 fully saturated rings. The van der Waals surface area contributed by atoms with Gasteiger partial charge in [-0.25, -0.2) is 4.68 Å². The molecule has 1 atom stereocenters. The fourth-order valence-corrected chi connectivity index (χ4v) is 3.01. The standard InChI is InChI=1S/C14H19Cl2N5/c1-4-9(5-2)8(3)21-14(18-19-20-21)11-6-10(17)7-12(15)13(11)16/h6-9H,4-5,17H2,1-3H3. The average molecular weight is 328 g/mol. The molecule has 1 aromatic heterocycles. The maximum Gasteiger partial charge on any atom is 0.183 e. The number of anilines is 1. The Hall–Kier alpha value is -1.33. The molecule has 0 saturated heterocycles. The zero-order valence-electron chi connectivity index (χ0n) is 12.3. The van der Waals surface area contributed by atoms with E-state index in [4.69, 9.17) is 28.9 Å². The first kappa shape index (κ1) is 16.0. The minimum Gasteiger partial charge on any atom is -0.399 e. The van der Waals surface area contributed by atoms with Gasteiger partial charge in [0.05, 0.1) is 16.1 Å². The Morgan fingerprint density at radius 1 is 1.24 bits per heavy atom. The summed E-state index contributed by atoms with van der Waals surface area (Å²) in [5, 5.41) is 12.8. The van der Waals surface area contributed by atoms with E-state index in [-0.39, 0.29) is 6.04 Å². The van der Waals surface area contributed by atoms with Gasteiger partial charge in [-0.3, -0.25) is 0 Å². The highest BCUT2D eigenvalue weighted by Gasteiger charge is 2.23. The molecule has 0 aliphatic rings. The van der Waals surface area contributed by atoms with Crippen molar-refractivity contribution in [1.29, 1.82) is 0 Å². The predicted molar refractivity (Wildman–Crippen MR) is 86.5 cm³/mol. The molecule has 0 saturated carbocycles. The first-order chi connectivity index (χ1) is 9.99. The second kappa shape index (κ2) is 6.62. The van der Waals surface area contributed by atoms with Gasteiger partial charge in [0.15, 0.2) is 5.82 Å². The maximum absolute atomic E-state index is 6.28. The molecule has 21 heavy (non-hydrogen) atoms. The normalized spacial score (nSPS) is 12.9. The van der Waals surface area contributed by atoms with E-state index >= 15 is 0 Å². The molecular weight excluding hydrogens is 309 g/mol. The molecule has 1 aromatic carbocycles. The molecule has 0 aliphatic heterocycles. The Balaban J connectivity index is 2.51. The summed E-state index contributed by atoms with van der Waals surface area (Å²) in [7, 11) is 0. The van der Waals surface area contributed by atoms with Crippen molar-refractivity contribution in [2.24, 2.45) is 5.92 Å². The van der Waals surface area contributed by atoms with E-state index in [9.17, 15) is 0 Å². The summed E-state index contributed by atoms with van der Waals surface area (Å²) in [5.41, 5.74) is 7.04. The lowest BCUT2D eigenvalue weighted by molar-refractivity contribution is 0.309. The second-order valence-corrected chi connectivity index (χ2v) is 5.91. The Morgan fingerprint density at radius 2 is 1.90 bits per heavy atom. The fourth-order valence-electron chi connectivity index (χ4n) is 2.59. The summed E-state index contributed by atoms with van der Waals surface area (Å²) in [6.07, 6.45) is 2.12. The molecule has 0 bridgehead atoms. The maximum atomic E-state index is 6.28. The fraction of sp³-hybridized carbons (Fsp3) is 0.500. The van der Waals surface area contributed by atoms with Gasteiger partial charge in [-0.2, -0.15) is 0 Å². The van der Waals surface area contributed by atoms with E-state index in [0.29, 0.717) is 33.0 Å². The van der Waals surface area contributed by atoms with Crippen LogP contribution in [0.3, 0.4) is 0 Å². The van der Waals surface area contributed by atoms with E-state index < -0.39 is 0 Å². The molecule has 5 nitrogen and oxygen atoms in total. The minimum absolute atomic E-state index is 0.168. The van der Waals surface area contributed by atoms with E-state index in [1.807, 2.05) is 0 Å². The molecule has 0 amide bonds. The zero-order chi connectivity index (χ0) is 15.6. The molecule has 7 heteroatoms. The Labute approximate surface area is 134 Å². The van der Waals surface area contributed by atoms with Crippen LogP contribution < -0.4 is 5.73 Å². The van der Waals surface area contributed by atoms with E-state index in [0.717, 1.165) is 12.8 Å². The molecule has 2 N–H and O–H groups in total. The van der Waals surface area contributed by atoms with Crippen molar-refractivity contribution in [3.8, 4) is 11.4 Å². The lowest BCUT2D eigenvalue weighted by atomic mass is 9.95. The molecule has 2 rings (SSSR count). The monoisotopic (exact) mass is 327 g/mol. The van der Waals surface area contributed by atoms with Crippen LogP contribution in [0.5, 0.6) is 0 Å². The quantitative estimate of drug-likeness (QED) is 0.834. The van der Waals surface area contributed by atoms with Crippen molar-refractivity contribution in [1.82, 2.24) is 20.2 Å². The van der Waals surface area contributed by atoms with Gasteiger partial charge >= 0.3 is 0 Å². The lowest BCUT2D eigenvalue weighted by Crippen LogP contribution is -2.18. The molecule has 0 aliphatic carbocycles. The molecular formula is C14H19Cl2N5. The van der Waals surface area contributed by atoms with Crippen LogP contribution in [0.2, 0.25) is 10.0 Å². The molecule has 114 valence electrons. The van der Waals surface area contributed by atoms with Crippen molar-refractivity contribution in [3.63, 3.8) is 0 Å². The van der Waals surface area contributed by atoms with Gasteiger partial charge in [0, 0.05) is 11.3 Å². The summed E-state index contributed by atoms with van der Waals surface area (Å²) in [6.45, 7) is 6.44. The third kappa shape index (κ3) is 3.14. The summed E-state index contributed by atoms with van der Waals surface area (Å²) in [5.74, 6) is 1.08. The highest BCUT2D eigenvalue weighted by Crippen LogP contribution is 2.36. The van der Waals surface area contributed by atoms with Crippen LogP contribution in [-0.4, -0.2) is 20.2 Å². The number of tetrazole rings is 1. The number of rotatable bonds is 5. The van der Waals surface area contributed by atoms with Gasteiger partial charge in [0.2, 0.25) is 0 Å². The number of nitrogens with zero attached hydrogens (tertiary/aromatic N) is 4. The van der Waals surface area contributed by atoms with Crippen LogP contribution in [0, 0.1) is 5.92 Å². The molecule has 1 heterocycles. The van der Waals surface area contributed by atoms with Crippen molar-refractivity contribution in [2.75, 3.05) is 5.73 Å². The average Bonchev–Trinajstić information content (AvgIpc) is 2.93. The Morgan fingerprint density at radius 3 is 2.52 bits per heavy atom. The van der Waals surface area contributed by atoms with Crippen molar-refractivity contribution in [3.05, 3.63) is 22.2 Å². The summed E-state index contributed by atoms with van der Waals surface area (Å²) >= 11 is 12.4. The summed E-state index contributed by atoms with van der Waals surface area (Å²) in [4.78, 5) is 0. The Bertz CT molecular complexity index is 622. The number of aromatic nitrogens is 4. The molecule has 0 radical (unpaired) electrons. The van der Waals surface area contributed by atoms with Crippen LogP contribution in [0.15, 0.2) is 12.1 Å². The summed E-state index contributed by atoms with van der Waals surface area (Å²) in [6, 6.07) is 3.53. The number of hydrogen-bond acceptors (Lipinski definition) is 4. The molecule has 1 unspecified atom stereocenters. The number of benzene rings is 1. The second-order valence-electron chi connectivity index (χ2n) is 5.13. The van der Waals surface area contributed by atoms with E-state index in [1.165, 1.54) is 0 Å². The molecule has 0 spiro atoms. The first-order valence-electron chi connectivity index (χ1n) is 7.02. The topological polar surface area (TPSA) is 69.6 Å². The van der Waals surface area contributed by atoms with Crippen LogP contribution >= 0.6 is 23.2 Å². The van der Waals surface area contributed by atoms with Crippen LogP contribution in [-0.2, 0) is 0 Å². The smallest absolute Gasteiger partial charge is 0.183 e. The van der Waals surface area contributed by atoms with Gasteiger partial charge < -0.3 is 5.73 Å². The van der Waals surface area contributed by atoms with Gasteiger partial charge in [0.1, 0.15) is 0 Å². The first-order valence-corrected chi connectivity index (χ1v) is 7.77. The SMILES string of the molecule is CCC(CC)C(C)n1nnnc1-c1cc(N)cc(Cl)c1Cl. The lowest BCUT2D eigenvalue weighted by Gasteiger charge is -2.22. The van der Waals surface area contributed by atoms with Crippen LogP contribution in [0.4, 0.5) is 5.69 Å². The number of nitrogen functional groups attached to an aromatic ring is 1. The van der Waals surface area contributed by atoms with E-state index in [2.05, 4.69) is 36.3 Å². The predicted octanol–water partition coefficient (Wildman–Crippen LogP) is 4.23. The highest BCUT2D eigenvalue weighted by molar-refractivity contribution is 6.43. The van der Waals surface area contributed by atoms with Gasteiger partial charge in [0.25, 0.3) is 0 Å². The van der Waals surface area contributed by atoms with Gasteiger partial charge in [-0.1, -0.05) is 49.9 Å². The van der Waals surface area contributed by atoms with Gasteiger partial charge in [-0.15, -0.1) is 5.10 Å². The van der Waals surface area contributed by atoms with Crippen molar-refractivity contribution < 1.29 is 0 Å². The van der Waals surface area contributed by atoms with Crippen LogP contribution in [0.1, 0.15) is 39.7 Å². The number of hydrogen-bond donors (Lipinski definition) is 1.